The van der Waals surface area contributed by atoms with E-state index in [-0.39, 0.29) is 11.3 Å². The molecule has 1 saturated heterocycles. The lowest BCUT2D eigenvalue weighted by atomic mass is 10.1. The molecule has 3 N–H and O–H groups in total. The Kier molecular flexibility index (Phi) is 5.77. The second-order valence-corrected chi connectivity index (χ2v) is 7.38. The smallest absolute Gasteiger partial charge is 0.335 e. The molecule has 0 bridgehead atoms. The first-order chi connectivity index (χ1) is 15.8. The number of amides is 4. The number of urea groups is 1. The minimum atomic E-state index is -1.03. The summed E-state index contributed by atoms with van der Waals surface area (Å²) in [7, 11) is 0. The molecule has 0 saturated carbocycles. The van der Waals surface area contributed by atoms with E-state index in [0.717, 1.165) is 10.5 Å². The number of carboxylic acids is 1. The first-order valence-corrected chi connectivity index (χ1v) is 9.95. The first kappa shape index (κ1) is 21.6. The summed E-state index contributed by atoms with van der Waals surface area (Å²) in [6, 6.07) is 15.9. The fourth-order valence-corrected chi connectivity index (χ4v) is 3.29. The van der Waals surface area contributed by atoms with Gasteiger partial charge in [-0.2, -0.15) is 0 Å². The number of hydrogen-bond donors (Lipinski definition) is 3. The lowest BCUT2D eigenvalue weighted by Gasteiger charge is -2.12. The minimum Gasteiger partial charge on any atom is -0.478 e. The molecule has 9 nitrogen and oxygen atoms in total. The Balaban J connectivity index is 1.44. The Bertz CT molecular complexity index is 1290. The van der Waals surface area contributed by atoms with E-state index in [0.29, 0.717) is 22.8 Å². The van der Waals surface area contributed by atoms with Gasteiger partial charge in [0.15, 0.2) is 0 Å². The molecule has 1 aliphatic heterocycles. The number of carbonyl (C=O) groups is 4. The van der Waals surface area contributed by atoms with Gasteiger partial charge in [0.2, 0.25) is 5.91 Å². The third-order valence-electron chi connectivity index (χ3n) is 4.90. The Hall–Kier alpha value is -4.66. The summed E-state index contributed by atoms with van der Waals surface area (Å²) >= 11 is 0. The maximum Gasteiger partial charge on any atom is 0.335 e. The number of aromatic carboxylic acids is 1. The first-order valence-electron chi connectivity index (χ1n) is 9.95. The van der Waals surface area contributed by atoms with E-state index in [2.05, 4.69) is 10.6 Å². The number of aryl methyl sites for hydroxylation is 1. The molecule has 0 atom stereocenters. The van der Waals surface area contributed by atoms with Crippen molar-refractivity contribution in [3.05, 3.63) is 83.2 Å². The fraction of sp³-hybridized carbons (Fsp3) is 0.0833. The third kappa shape index (κ3) is 4.82. The van der Waals surface area contributed by atoms with E-state index >= 15 is 0 Å². The fourth-order valence-electron chi connectivity index (χ4n) is 3.29. The zero-order valence-electron chi connectivity index (χ0n) is 17.5. The Morgan fingerprint density at radius 1 is 1.09 bits per heavy atom. The number of nitrogens with one attached hydrogen (secondary N) is 2. The minimum absolute atomic E-state index is 0.0227. The summed E-state index contributed by atoms with van der Waals surface area (Å²) < 4.78 is 5.70. The molecular weight excluding hydrogens is 426 g/mol. The van der Waals surface area contributed by atoms with Crippen molar-refractivity contribution in [1.82, 2.24) is 10.2 Å². The topological polar surface area (TPSA) is 129 Å². The number of imide groups is 1. The van der Waals surface area contributed by atoms with Crippen molar-refractivity contribution in [2.75, 3.05) is 11.9 Å². The highest BCUT2D eigenvalue weighted by Gasteiger charge is 2.35. The molecule has 0 aliphatic carbocycles. The lowest BCUT2D eigenvalue weighted by molar-refractivity contribution is -0.127. The zero-order chi connectivity index (χ0) is 23.5. The number of anilines is 1. The summed E-state index contributed by atoms with van der Waals surface area (Å²) in [5, 5.41) is 14.1. The van der Waals surface area contributed by atoms with E-state index in [1.807, 2.05) is 13.0 Å². The molecule has 1 aromatic heterocycles. The number of furan rings is 1. The van der Waals surface area contributed by atoms with Gasteiger partial charge in [0.05, 0.1) is 5.56 Å². The van der Waals surface area contributed by atoms with Crippen LogP contribution in [0.5, 0.6) is 0 Å². The van der Waals surface area contributed by atoms with E-state index in [9.17, 15) is 19.2 Å². The summed E-state index contributed by atoms with van der Waals surface area (Å²) in [5.74, 6) is -1.41. The van der Waals surface area contributed by atoms with Crippen molar-refractivity contribution >= 4 is 35.6 Å². The van der Waals surface area contributed by atoms with Crippen LogP contribution in [-0.4, -0.2) is 40.4 Å². The molecule has 2 aromatic carbocycles. The zero-order valence-corrected chi connectivity index (χ0v) is 17.5. The van der Waals surface area contributed by atoms with Crippen LogP contribution in [0.3, 0.4) is 0 Å². The van der Waals surface area contributed by atoms with Gasteiger partial charge >= 0.3 is 12.0 Å². The van der Waals surface area contributed by atoms with Gasteiger partial charge in [0.25, 0.3) is 5.91 Å². The van der Waals surface area contributed by atoms with Crippen LogP contribution in [0.4, 0.5) is 10.5 Å². The van der Waals surface area contributed by atoms with Crippen molar-refractivity contribution in [3.8, 4) is 11.3 Å². The molecule has 1 fully saturated rings. The molecule has 2 heterocycles. The predicted octanol–water partition coefficient (Wildman–Crippen LogP) is 3.48. The van der Waals surface area contributed by atoms with Crippen molar-refractivity contribution in [1.29, 1.82) is 0 Å². The maximum atomic E-state index is 12.6. The highest BCUT2D eigenvalue weighted by atomic mass is 16.4. The van der Waals surface area contributed by atoms with Crippen LogP contribution < -0.4 is 10.6 Å². The van der Waals surface area contributed by atoms with Crippen molar-refractivity contribution in [2.24, 2.45) is 0 Å². The van der Waals surface area contributed by atoms with Gasteiger partial charge in [-0.05, 0) is 48.9 Å². The van der Waals surface area contributed by atoms with Gasteiger partial charge < -0.3 is 20.2 Å². The summed E-state index contributed by atoms with van der Waals surface area (Å²) in [6.45, 7) is 1.45. The second-order valence-electron chi connectivity index (χ2n) is 7.38. The van der Waals surface area contributed by atoms with Gasteiger partial charge in [0, 0.05) is 17.3 Å². The standard InChI is InChI=1S/C24H19N3O6/c1-14-3-2-4-17(11-14)25-21(28)13-27-22(29)19(26-24(27)32)12-18-9-10-20(33-18)15-5-7-16(8-6-15)23(30)31/h2-12H,13H2,1H3,(H,25,28)(H,26,32)(H,30,31). The molecule has 33 heavy (non-hydrogen) atoms. The van der Waals surface area contributed by atoms with Crippen LogP contribution >= 0.6 is 0 Å². The molecule has 9 heteroatoms. The normalized spacial score (nSPS) is 14.5. The van der Waals surface area contributed by atoms with Crippen molar-refractivity contribution < 1.29 is 28.7 Å². The van der Waals surface area contributed by atoms with Gasteiger partial charge in [-0.15, -0.1) is 0 Å². The summed E-state index contributed by atoms with van der Waals surface area (Å²) in [6.07, 6.45) is 1.37. The largest absolute Gasteiger partial charge is 0.478 e. The number of benzene rings is 2. The van der Waals surface area contributed by atoms with Crippen LogP contribution in [-0.2, 0) is 9.59 Å². The monoisotopic (exact) mass is 445 g/mol. The van der Waals surface area contributed by atoms with Crippen molar-refractivity contribution in [2.45, 2.75) is 6.92 Å². The highest BCUT2D eigenvalue weighted by Crippen LogP contribution is 2.24. The number of nitrogens with zero attached hydrogens (tertiary/aromatic N) is 1. The van der Waals surface area contributed by atoms with Gasteiger partial charge in [-0.1, -0.05) is 24.3 Å². The van der Waals surface area contributed by atoms with Crippen LogP contribution in [0, 0.1) is 6.92 Å². The van der Waals surface area contributed by atoms with E-state index < -0.39 is 30.4 Å². The highest BCUT2D eigenvalue weighted by molar-refractivity contribution is 6.15. The number of carbonyl (C=O) groups excluding carboxylic acids is 3. The Labute approximate surface area is 188 Å². The van der Waals surface area contributed by atoms with Gasteiger partial charge in [0.1, 0.15) is 23.8 Å². The number of hydrogen-bond acceptors (Lipinski definition) is 5. The molecule has 0 radical (unpaired) electrons. The molecule has 0 spiro atoms. The Morgan fingerprint density at radius 2 is 1.85 bits per heavy atom. The molecule has 1 aliphatic rings. The van der Waals surface area contributed by atoms with E-state index in [1.165, 1.54) is 18.2 Å². The average molecular weight is 445 g/mol. The second kappa shape index (κ2) is 8.83. The number of carboxylic acid groups (broad SMARTS) is 1. The average Bonchev–Trinajstić information content (AvgIpc) is 3.34. The summed E-state index contributed by atoms with van der Waals surface area (Å²) in [4.78, 5) is 49.0. The molecular formula is C24H19N3O6. The SMILES string of the molecule is Cc1cccc(NC(=O)CN2C(=O)NC(=Cc3ccc(-c4ccc(C(=O)O)cc4)o3)C2=O)c1. The molecule has 166 valence electrons. The Morgan fingerprint density at radius 3 is 2.55 bits per heavy atom. The molecule has 4 amide bonds. The van der Waals surface area contributed by atoms with Gasteiger partial charge in [-0.3, -0.25) is 9.59 Å². The molecule has 3 aromatic rings. The van der Waals surface area contributed by atoms with E-state index in [1.54, 1.807) is 42.5 Å². The van der Waals surface area contributed by atoms with Crippen LogP contribution in [0.25, 0.3) is 17.4 Å². The predicted molar refractivity (Wildman–Crippen MR) is 119 cm³/mol. The van der Waals surface area contributed by atoms with Crippen LogP contribution in [0.1, 0.15) is 21.7 Å². The van der Waals surface area contributed by atoms with Crippen LogP contribution in [0.15, 0.2) is 70.8 Å². The van der Waals surface area contributed by atoms with E-state index in [4.69, 9.17) is 9.52 Å². The lowest BCUT2D eigenvalue weighted by Crippen LogP contribution is -2.38. The molecule has 0 unspecified atom stereocenters. The molecule has 4 rings (SSSR count). The third-order valence-corrected chi connectivity index (χ3v) is 4.90. The van der Waals surface area contributed by atoms with Crippen LogP contribution in [0.2, 0.25) is 0 Å². The van der Waals surface area contributed by atoms with Gasteiger partial charge in [-0.25, -0.2) is 14.5 Å². The maximum absolute atomic E-state index is 12.6. The number of rotatable bonds is 6. The quantitative estimate of drug-likeness (QED) is 0.394. The summed E-state index contributed by atoms with van der Waals surface area (Å²) in [5.41, 5.74) is 2.32. The van der Waals surface area contributed by atoms with Crippen molar-refractivity contribution in [3.63, 3.8) is 0 Å².